The number of anilines is 1. The first-order chi connectivity index (χ1) is 12.0. The van der Waals surface area contributed by atoms with E-state index >= 15 is 0 Å². The Bertz CT molecular complexity index is 957. The van der Waals surface area contributed by atoms with Crippen molar-refractivity contribution in [1.29, 1.82) is 0 Å². The molecule has 6 nitrogen and oxygen atoms in total. The molecule has 0 spiro atoms. The summed E-state index contributed by atoms with van der Waals surface area (Å²) in [6.07, 6.45) is 1.63. The van der Waals surface area contributed by atoms with Crippen molar-refractivity contribution < 1.29 is 4.79 Å². The molecule has 0 fully saturated rings. The summed E-state index contributed by atoms with van der Waals surface area (Å²) in [7, 11) is 1.65. The fourth-order valence-electron chi connectivity index (χ4n) is 2.68. The van der Waals surface area contributed by atoms with Gasteiger partial charge in [0, 0.05) is 18.8 Å². The second-order valence-corrected chi connectivity index (χ2v) is 5.95. The third kappa shape index (κ3) is 3.24. The number of amides is 1. The fourth-order valence-corrected chi connectivity index (χ4v) is 2.68. The molecule has 1 unspecified atom stereocenters. The summed E-state index contributed by atoms with van der Waals surface area (Å²) in [5.74, 6) is 0.103. The number of carbonyl (C=O) groups excluding carboxylic acids is 1. The Morgan fingerprint density at radius 2 is 1.84 bits per heavy atom. The summed E-state index contributed by atoms with van der Waals surface area (Å²) in [5, 5.41) is 7.11. The Morgan fingerprint density at radius 3 is 2.56 bits per heavy atom. The van der Waals surface area contributed by atoms with Crippen molar-refractivity contribution in [1.82, 2.24) is 14.3 Å². The van der Waals surface area contributed by atoms with Crippen molar-refractivity contribution in [3.63, 3.8) is 0 Å². The van der Waals surface area contributed by atoms with Crippen LogP contribution in [0.1, 0.15) is 34.6 Å². The van der Waals surface area contributed by atoms with Gasteiger partial charge in [0.2, 0.25) is 0 Å². The highest BCUT2D eigenvalue weighted by Gasteiger charge is 2.17. The van der Waals surface area contributed by atoms with E-state index in [0.717, 1.165) is 11.3 Å². The number of nitrogens with one attached hydrogen (secondary N) is 1. The van der Waals surface area contributed by atoms with Gasteiger partial charge >= 0.3 is 0 Å². The Morgan fingerprint density at radius 1 is 1.12 bits per heavy atom. The van der Waals surface area contributed by atoms with Gasteiger partial charge in [-0.05, 0) is 31.5 Å². The average molecular weight is 336 g/mol. The second-order valence-electron chi connectivity index (χ2n) is 5.95. The predicted molar refractivity (Wildman–Crippen MR) is 96.9 cm³/mol. The van der Waals surface area contributed by atoms with E-state index in [9.17, 15) is 9.59 Å². The Kier molecular flexibility index (Phi) is 4.52. The number of nitrogens with zero attached hydrogens (tertiary/aromatic N) is 3. The lowest BCUT2D eigenvalue weighted by Crippen LogP contribution is -2.29. The summed E-state index contributed by atoms with van der Waals surface area (Å²) >= 11 is 0. The molecule has 0 saturated heterocycles. The maximum absolute atomic E-state index is 12.5. The first-order valence-corrected chi connectivity index (χ1v) is 8.05. The predicted octanol–water partition coefficient (Wildman–Crippen LogP) is 2.75. The van der Waals surface area contributed by atoms with Gasteiger partial charge in [-0.15, -0.1) is 0 Å². The Labute approximate surface area is 145 Å². The molecule has 1 N–H and O–H groups in total. The molecule has 6 heteroatoms. The minimum Gasteiger partial charge on any atom is -0.315 e. The van der Waals surface area contributed by atoms with Gasteiger partial charge in [0.1, 0.15) is 11.4 Å². The van der Waals surface area contributed by atoms with E-state index in [1.54, 1.807) is 36.1 Å². The molecule has 0 bridgehead atoms. The third-order valence-electron chi connectivity index (χ3n) is 4.36. The molecule has 1 aromatic carbocycles. The van der Waals surface area contributed by atoms with Crippen molar-refractivity contribution in [3.8, 4) is 0 Å². The van der Waals surface area contributed by atoms with Crippen LogP contribution in [0.25, 0.3) is 0 Å². The van der Waals surface area contributed by atoms with Crippen LogP contribution in [0, 0.1) is 6.92 Å². The molecular weight excluding hydrogens is 316 g/mol. The van der Waals surface area contributed by atoms with Crippen molar-refractivity contribution in [2.75, 3.05) is 5.32 Å². The number of aromatic nitrogens is 3. The van der Waals surface area contributed by atoms with Gasteiger partial charge in [0.15, 0.2) is 0 Å². The lowest BCUT2D eigenvalue weighted by Gasteiger charge is -2.16. The average Bonchev–Trinajstić information content (AvgIpc) is 3.07. The largest absolute Gasteiger partial charge is 0.315 e. The molecule has 0 aliphatic heterocycles. The van der Waals surface area contributed by atoms with Crippen molar-refractivity contribution in [2.45, 2.75) is 19.9 Å². The van der Waals surface area contributed by atoms with Crippen LogP contribution in [-0.4, -0.2) is 20.3 Å². The number of hydrogen-bond acceptors (Lipinski definition) is 3. The SMILES string of the molecule is Cc1ccc(C(=O)Nc2ccnn2C(C)c2ccccc2)c(=O)n1C. The van der Waals surface area contributed by atoms with E-state index in [1.165, 1.54) is 4.57 Å². The van der Waals surface area contributed by atoms with Gasteiger partial charge in [-0.25, -0.2) is 4.68 Å². The second kappa shape index (κ2) is 6.76. The van der Waals surface area contributed by atoms with E-state index in [-0.39, 0.29) is 17.2 Å². The number of hydrogen-bond donors (Lipinski definition) is 1. The van der Waals surface area contributed by atoms with Crippen molar-refractivity contribution in [3.05, 3.63) is 81.9 Å². The lowest BCUT2D eigenvalue weighted by atomic mass is 10.1. The molecular formula is C19H20N4O2. The lowest BCUT2D eigenvalue weighted by molar-refractivity contribution is 0.102. The number of carbonyl (C=O) groups is 1. The Balaban J connectivity index is 1.88. The molecule has 3 aromatic rings. The minimum atomic E-state index is -0.442. The smallest absolute Gasteiger partial charge is 0.263 e. The zero-order valence-electron chi connectivity index (χ0n) is 14.4. The van der Waals surface area contributed by atoms with Gasteiger partial charge in [0.05, 0.1) is 12.2 Å². The fraction of sp³-hybridized carbons (Fsp3) is 0.211. The highest BCUT2D eigenvalue weighted by atomic mass is 16.2. The summed E-state index contributed by atoms with van der Waals surface area (Å²) in [5.41, 5.74) is 1.66. The third-order valence-corrected chi connectivity index (χ3v) is 4.36. The Hall–Kier alpha value is -3.15. The molecule has 2 heterocycles. The quantitative estimate of drug-likeness (QED) is 0.796. The molecule has 0 aliphatic carbocycles. The van der Waals surface area contributed by atoms with Crippen LogP contribution in [0.3, 0.4) is 0 Å². The van der Waals surface area contributed by atoms with Crippen molar-refractivity contribution in [2.24, 2.45) is 7.05 Å². The molecule has 1 atom stereocenters. The van der Waals surface area contributed by atoms with Crippen molar-refractivity contribution >= 4 is 11.7 Å². The van der Waals surface area contributed by atoms with Crippen LogP contribution in [0.15, 0.2) is 59.5 Å². The number of pyridine rings is 1. The number of aryl methyl sites for hydroxylation is 1. The maximum Gasteiger partial charge on any atom is 0.263 e. The molecule has 2 aromatic heterocycles. The molecule has 0 saturated carbocycles. The summed E-state index contributed by atoms with van der Waals surface area (Å²) in [6.45, 7) is 3.82. The number of rotatable bonds is 4. The molecule has 1 amide bonds. The molecule has 0 radical (unpaired) electrons. The minimum absolute atomic E-state index is 0.0487. The summed E-state index contributed by atoms with van der Waals surface area (Å²) in [4.78, 5) is 24.8. The monoisotopic (exact) mass is 336 g/mol. The topological polar surface area (TPSA) is 68.9 Å². The van der Waals surface area contributed by atoms with Crippen LogP contribution in [0.2, 0.25) is 0 Å². The highest BCUT2D eigenvalue weighted by molar-refractivity contribution is 6.03. The van der Waals surface area contributed by atoms with Gasteiger partial charge in [0.25, 0.3) is 11.5 Å². The molecule has 128 valence electrons. The van der Waals surface area contributed by atoms with E-state index in [4.69, 9.17) is 0 Å². The van der Waals surface area contributed by atoms with Gasteiger partial charge in [-0.2, -0.15) is 5.10 Å². The van der Waals surface area contributed by atoms with Crippen LogP contribution in [-0.2, 0) is 7.05 Å². The van der Waals surface area contributed by atoms with Gasteiger partial charge in [-0.1, -0.05) is 30.3 Å². The molecule has 0 aliphatic rings. The normalized spacial score (nSPS) is 12.0. The summed E-state index contributed by atoms with van der Waals surface area (Å²) < 4.78 is 3.19. The molecule has 25 heavy (non-hydrogen) atoms. The first kappa shape index (κ1) is 16.7. The first-order valence-electron chi connectivity index (χ1n) is 8.05. The van der Waals surface area contributed by atoms with Gasteiger partial charge in [-0.3, -0.25) is 9.59 Å². The van der Waals surface area contributed by atoms with E-state index < -0.39 is 5.91 Å². The van der Waals surface area contributed by atoms with Crippen LogP contribution in [0.5, 0.6) is 0 Å². The van der Waals surface area contributed by atoms with Gasteiger partial charge < -0.3 is 9.88 Å². The van der Waals surface area contributed by atoms with Crippen LogP contribution >= 0.6 is 0 Å². The van der Waals surface area contributed by atoms with Crippen LogP contribution in [0.4, 0.5) is 5.82 Å². The van der Waals surface area contributed by atoms with E-state index in [1.807, 2.05) is 44.2 Å². The zero-order chi connectivity index (χ0) is 18.0. The number of benzene rings is 1. The molecule has 3 rings (SSSR count). The standard InChI is InChI=1S/C19H20N4O2/c1-13-9-10-16(19(25)22(13)3)18(24)21-17-11-12-20-23(17)14(2)15-7-5-4-6-8-15/h4-12,14H,1-3H3,(H,21,24). The highest BCUT2D eigenvalue weighted by Crippen LogP contribution is 2.21. The summed E-state index contributed by atoms with van der Waals surface area (Å²) in [6, 6.07) is 14.9. The van der Waals surface area contributed by atoms with E-state index in [0.29, 0.717) is 5.82 Å². The van der Waals surface area contributed by atoms with Crippen LogP contribution < -0.4 is 10.9 Å². The van der Waals surface area contributed by atoms with E-state index in [2.05, 4.69) is 10.4 Å². The zero-order valence-corrected chi connectivity index (χ0v) is 14.4. The maximum atomic E-state index is 12.5.